The lowest BCUT2D eigenvalue weighted by Gasteiger charge is -2.21. The summed E-state index contributed by atoms with van der Waals surface area (Å²) in [7, 11) is 3.67. The first-order valence-electron chi connectivity index (χ1n) is 4.76. The highest BCUT2D eigenvalue weighted by Crippen LogP contribution is 2.09. The third-order valence-electron chi connectivity index (χ3n) is 2.08. The Labute approximate surface area is 100 Å². The summed E-state index contributed by atoms with van der Waals surface area (Å²) in [6.45, 7) is 0.665. The lowest BCUT2D eigenvalue weighted by Crippen LogP contribution is -2.25. The summed E-state index contributed by atoms with van der Waals surface area (Å²) in [5.74, 6) is 0.762. The van der Waals surface area contributed by atoms with E-state index in [2.05, 4.69) is 10.3 Å². The largest absolute Gasteiger partial charge is 0.374 e. The van der Waals surface area contributed by atoms with Gasteiger partial charge in [-0.15, -0.1) is 0 Å². The van der Waals surface area contributed by atoms with Crippen LogP contribution in [0, 0.1) is 11.3 Å². The standard InChI is InChI=1S/C11H13ClN4/c1-14-11(5-6-13)16(2)8-9-3-4-10(12)15-7-9/h3-5,7,14H,8H2,1-2H3/b11-5+. The van der Waals surface area contributed by atoms with Gasteiger partial charge in [-0.1, -0.05) is 17.7 Å². The van der Waals surface area contributed by atoms with E-state index in [0.717, 1.165) is 11.4 Å². The van der Waals surface area contributed by atoms with Crippen LogP contribution in [0.5, 0.6) is 0 Å². The highest BCUT2D eigenvalue weighted by Gasteiger charge is 2.03. The Hall–Kier alpha value is -1.73. The molecule has 0 spiro atoms. The van der Waals surface area contributed by atoms with Crippen LogP contribution in [0.15, 0.2) is 30.2 Å². The molecule has 1 heterocycles. The molecule has 0 fully saturated rings. The molecule has 0 unspecified atom stereocenters. The molecule has 1 rings (SSSR count). The van der Waals surface area contributed by atoms with E-state index in [9.17, 15) is 0 Å². The van der Waals surface area contributed by atoms with E-state index < -0.39 is 0 Å². The van der Waals surface area contributed by atoms with E-state index in [1.54, 1.807) is 19.3 Å². The third kappa shape index (κ3) is 3.44. The van der Waals surface area contributed by atoms with Gasteiger partial charge in [0.05, 0.1) is 12.1 Å². The summed E-state index contributed by atoms with van der Waals surface area (Å²) < 4.78 is 0. The van der Waals surface area contributed by atoms with Crippen molar-refractivity contribution in [3.05, 3.63) is 40.9 Å². The number of rotatable bonds is 4. The number of halogens is 1. The Morgan fingerprint density at radius 2 is 2.44 bits per heavy atom. The highest BCUT2D eigenvalue weighted by atomic mass is 35.5. The van der Waals surface area contributed by atoms with Crippen LogP contribution in [0.4, 0.5) is 0 Å². The number of nitrogens with zero attached hydrogens (tertiary/aromatic N) is 3. The maximum Gasteiger partial charge on any atom is 0.129 e. The van der Waals surface area contributed by atoms with Crippen molar-refractivity contribution in [1.82, 2.24) is 15.2 Å². The molecule has 5 heteroatoms. The smallest absolute Gasteiger partial charge is 0.129 e. The Bertz CT molecular complexity index is 405. The molecule has 4 nitrogen and oxygen atoms in total. The van der Waals surface area contributed by atoms with Crippen LogP contribution in [0.3, 0.4) is 0 Å². The summed E-state index contributed by atoms with van der Waals surface area (Å²) >= 11 is 5.70. The van der Waals surface area contributed by atoms with Gasteiger partial charge in [0.25, 0.3) is 0 Å². The number of nitriles is 1. The van der Waals surface area contributed by atoms with Gasteiger partial charge in [0.15, 0.2) is 0 Å². The van der Waals surface area contributed by atoms with Gasteiger partial charge in [-0.05, 0) is 11.6 Å². The normalized spacial score (nSPS) is 10.8. The molecular weight excluding hydrogens is 224 g/mol. The Morgan fingerprint density at radius 1 is 1.69 bits per heavy atom. The van der Waals surface area contributed by atoms with Crippen LogP contribution >= 0.6 is 11.6 Å². The van der Waals surface area contributed by atoms with Crippen molar-refractivity contribution in [2.75, 3.05) is 14.1 Å². The predicted octanol–water partition coefficient (Wildman–Crippen LogP) is 1.75. The molecule has 0 saturated heterocycles. The molecule has 0 radical (unpaired) electrons. The number of hydrogen-bond acceptors (Lipinski definition) is 4. The average molecular weight is 237 g/mol. The summed E-state index contributed by atoms with van der Waals surface area (Å²) in [6, 6.07) is 5.65. The molecular formula is C11H13ClN4. The van der Waals surface area contributed by atoms with Crippen LogP contribution in [-0.2, 0) is 6.54 Å². The summed E-state index contributed by atoms with van der Waals surface area (Å²) in [5, 5.41) is 12.0. The molecule has 0 saturated carbocycles. The van der Waals surface area contributed by atoms with Crippen molar-refractivity contribution < 1.29 is 0 Å². The van der Waals surface area contributed by atoms with E-state index in [4.69, 9.17) is 16.9 Å². The van der Waals surface area contributed by atoms with E-state index >= 15 is 0 Å². The number of hydrogen-bond donors (Lipinski definition) is 1. The van der Waals surface area contributed by atoms with Crippen molar-refractivity contribution in [2.24, 2.45) is 0 Å². The zero-order chi connectivity index (χ0) is 12.0. The minimum Gasteiger partial charge on any atom is -0.374 e. The molecule has 0 aromatic carbocycles. The van der Waals surface area contributed by atoms with E-state index in [1.807, 2.05) is 24.1 Å². The maximum atomic E-state index is 8.60. The van der Waals surface area contributed by atoms with Crippen LogP contribution in [-0.4, -0.2) is 24.0 Å². The first-order valence-corrected chi connectivity index (χ1v) is 5.14. The second kappa shape index (κ2) is 5.99. The lowest BCUT2D eigenvalue weighted by molar-refractivity contribution is 0.386. The zero-order valence-electron chi connectivity index (χ0n) is 9.24. The van der Waals surface area contributed by atoms with Crippen LogP contribution in [0.1, 0.15) is 5.56 Å². The fourth-order valence-corrected chi connectivity index (χ4v) is 1.41. The quantitative estimate of drug-likeness (QED) is 0.639. The maximum absolute atomic E-state index is 8.60. The molecule has 0 aliphatic carbocycles. The average Bonchev–Trinajstić information content (AvgIpc) is 2.29. The van der Waals surface area contributed by atoms with Gasteiger partial charge >= 0.3 is 0 Å². The highest BCUT2D eigenvalue weighted by molar-refractivity contribution is 6.29. The van der Waals surface area contributed by atoms with E-state index in [0.29, 0.717) is 11.7 Å². The van der Waals surface area contributed by atoms with Crippen molar-refractivity contribution in [1.29, 1.82) is 5.26 Å². The zero-order valence-corrected chi connectivity index (χ0v) is 9.99. The van der Waals surface area contributed by atoms with Crippen LogP contribution in [0.2, 0.25) is 5.15 Å². The van der Waals surface area contributed by atoms with Crippen molar-refractivity contribution in [3.63, 3.8) is 0 Å². The minimum absolute atomic E-state index is 0.479. The molecule has 1 aromatic rings. The molecule has 0 aliphatic heterocycles. The molecule has 1 aromatic heterocycles. The number of allylic oxidation sites excluding steroid dienone is 1. The Kier molecular flexibility index (Phi) is 4.62. The number of aromatic nitrogens is 1. The van der Waals surface area contributed by atoms with E-state index in [1.165, 1.54) is 6.08 Å². The first-order chi connectivity index (χ1) is 7.67. The molecule has 1 N–H and O–H groups in total. The number of nitrogens with one attached hydrogen (secondary N) is 1. The van der Waals surface area contributed by atoms with Gasteiger partial charge in [0, 0.05) is 26.8 Å². The van der Waals surface area contributed by atoms with Crippen molar-refractivity contribution >= 4 is 11.6 Å². The summed E-state index contributed by atoms with van der Waals surface area (Å²) in [6.07, 6.45) is 3.18. The van der Waals surface area contributed by atoms with Crippen LogP contribution in [0.25, 0.3) is 0 Å². The fraction of sp³-hybridized carbons (Fsp3) is 0.273. The third-order valence-corrected chi connectivity index (χ3v) is 2.30. The molecule has 0 bridgehead atoms. The molecule has 0 atom stereocenters. The second-order valence-electron chi connectivity index (χ2n) is 3.25. The molecule has 84 valence electrons. The second-order valence-corrected chi connectivity index (χ2v) is 3.64. The fourth-order valence-electron chi connectivity index (χ4n) is 1.29. The summed E-state index contributed by atoms with van der Waals surface area (Å²) in [5.41, 5.74) is 1.03. The van der Waals surface area contributed by atoms with Crippen LogP contribution < -0.4 is 5.32 Å². The van der Waals surface area contributed by atoms with Gasteiger partial charge in [-0.3, -0.25) is 0 Å². The molecule has 0 amide bonds. The first kappa shape index (κ1) is 12.3. The van der Waals surface area contributed by atoms with Gasteiger partial charge in [-0.25, -0.2) is 4.98 Å². The number of pyridine rings is 1. The van der Waals surface area contributed by atoms with Crippen molar-refractivity contribution in [3.8, 4) is 6.07 Å². The SMILES string of the molecule is CN/C(=C\C#N)N(C)Cc1ccc(Cl)nc1. The summed E-state index contributed by atoms with van der Waals surface area (Å²) in [4.78, 5) is 5.92. The molecule has 0 aliphatic rings. The predicted molar refractivity (Wildman–Crippen MR) is 63.5 cm³/mol. The van der Waals surface area contributed by atoms with Crippen molar-refractivity contribution in [2.45, 2.75) is 6.54 Å². The van der Waals surface area contributed by atoms with Gasteiger partial charge < -0.3 is 10.2 Å². The minimum atomic E-state index is 0.479. The van der Waals surface area contributed by atoms with Gasteiger partial charge in [0.1, 0.15) is 11.0 Å². The van der Waals surface area contributed by atoms with Gasteiger partial charge in [0.2, 0.25) is 0 Å². The lowest BCUT2D eigenvalue weighted by atomic mass is 10.3. The topological polar surface area (TPSA) is 52.0 Å². The molecule has 16 heavy (non-hydrogen) atoms. The van der Waals surface area contributed by atoms with Gasteiger partial charge in [-0.2, -0.15) is 5.26 Å². The Balaban J connectivity index is 2.71. The Morgan fingerprint density at radius 3 is 2.94 bits per heavy atom. The monoisotopic (exact) mass is 236 g/mol. The van der Waals surface area contributed by atoms with E-state index in [-0.39, 0.29) is 0 Å².